The van der Waals surface area contributed by atoms with E-state index in [0.717, 1.165) is 5.00 Å². The van der Waals surface area contributed by atoms with Crippen molar-refractivity contribution in [3.63, 3.8) is 0 Å². The molecule has 1 aromatic heterocycles. The molecule has 1 aliphatic carbocycles. The standard InChI is InChI=1S/C8H11N3S/c9-8(10)11-7-4-5-2-1-3-6(5)12-7/h4H,1-3H2,(H4,9,10,11). The number of aliphatic imine (C=N–C) groups is 1. The van der Waals surface area contributed by atoms with Crippen molar-refractivity contribution in [2.24, 2.45) is 16.5 Å². The fourth-order valence-corrected chi connectivity index (χ4v) is 2.64. The first kappa shape index (κ1) is 7.61. The molecule has 0 amide bonds. The van der Waals surface area contributed by atoms with E-state index in [-0.39, 0.29) is 5.96 Å². The molecule has 4 heteroatoms. The second-order valence-electron chi connectivity index (χ2n) is 2.92. The molecule has 0 saturated carbocycles. The molecule has 1 aliphatic rings. The predicted molar refractivity (Wildman–Crippen MR) is 51.8 cm³/mol. The summed E-state index contributed by atoms with van der Waals surface area (Å²) in [4.78, 5) is 5.47. The highest BCUT2D eigenvalue weighted by Crippen LogP contribution is 2.35. The largest absolute Gasteiger partial charge is 0.370 e. The molecule has 0 fully saturated rings. The average molecular weight is 181 g/mol. The maximum atomic E-state index is 5.28. The van der Waals surface area contributed by atoms with Gasteiger partial charge in [-0.25, -0.2) is 4.99 Å². The van der Waals surface area contributed by atoms with Crippen molar-refractivity contribution < 1.29 is 0 Å². The van der Waals surface area contributed by atoms with E-state index >= 15 is 0 Å². The van der Waals surface area contributed by atoms with Crippen LogP contribution in [0.4, 0.5) is 5.00 Å². The van der Waals surface area contributed by atoms with Crippen LogP contribution in [0, 0.1) is 0 Å². The van der Waals surface area contributed by atoms with Gasteiger partial charge in [-0.05, 0) is 30.9 Å². The lowest BCUT2D eigenvalue weighted by Crippen LogP contribution is -2.21. The Morgan fingerprint density at radius 3 is 2.92 bits per heavy atom. The fraction of sp³-hybridized carbons (Fsp3) is 0.375. The maximum Gasteiger partial charge on any atom is 0.191 e. The molecule has 64 valence electrons. The van der Waals surface area contributed by atoms with Crippen LogP contribution in [-0.4, -0.2) is 5.96 Å². The smallest absolute Gasteiger partial charge is 0.191 e. The Morgan fingerprint density at radius 2 is 2.25 bits per heavy atom. The molecule has 0 bridgehead atoms. The molecule has 0 aliphatic heterocycles. The Morgan fingerprint density at radius 1 is 1.42 bits per heavy atom. The Hall–Kier alpha value is -1.03. The van der Waals surface area contributed by atoms with Gasteiger partial charge in [0.1, 0.15) is 5.00 Å². The van der Waals surface area contributed by atoms with Gasteiger partial charge in [-0.3, -0.25) is 0 Å². The highest BCUT2D eigenvalue weighted by molar-refractivity contribution is 7.16. The number of hydrogen-bond acceptors (Lipinski definition) is 2. The van der Waals surface area contributed by atoms with Gasteiger partial charge in [0.05, 0.1) is 0 Å². The summed E-state index contributed by atoms with van der Waals surface area (Å²) in [6, 6.07) is 2.09. The molecule has 0 radical (unpaired) electrons. The summed E-state index contributed by atoms with van der Waals surface area (Å²) in [7, 11) is 0. The van der Waals surface area contributed by atoms with Crippen LogP contribution in [-0.2, 0) is 12.8 Å². The molecule has 0 spiro atoms. The van der Waals surface area contributed by atoms with E-state index in [0.29, 0.717) is 0 Å². The summed E-state index contributed by atoms with van der Waals surface area (Å²) in [6.45, 7) is 0. The normalized spacial score (nSPS) is 14.3. The van der Waals surface area contributed by atoms with E-state index in [1.54, 1.807) is 11.3 Å². The number of aryl methyl sites for hydroxylation is 2. The minimum atomic E-state index is 0.148. The Labute approximate surface area is 75.1 Å². The number of fused-ring (bicyclic) bond motifs is 1. The van der Waals surface area contributed by atoms with Gasteiger partial charge in [0.25, 0.3) is 0 Å². The molecule has 2 rings (SSSR count). The lowest BCUT2D eigenvalue weighted by atomic mass is 10.3. The van der Waals surface area contributed by atoms with Crippen LogP contribution in [0.15, 0.2) is 11.1 Å². The minimum Gasteiger partial charge on any atom is -0.370 e. The number of rotatable bonds is 1. The van der Waals surface area contributed by atoms with E-state index < -0.39 is 0 Å². The highest BCUT2D eigenvalue weighted by atomic mass is 32.1. The van der Waals surface area contributed by atoms with Gasteiger partial charge in [-0.1, -0.05) is 0 Å². The SMILES string of the molecule is NC(N)=Nc1cc2c(s1)CCC2. The minimum absolute atomic E-state index is 0.148. The summed E-state index contributed by atoms with van der Waals surface area (Å²) in [5.74, 6) is 0.148. The molecular formula is C8H11N3S. The van der Waals surface area contributed by atoms with Crippen LogP contribution in [0.1, 0.15) is 16.9 Å². The summed E-state index contributed by atoms with van der Waals surface area (Å²) >= 11 is 1.70. The summed E-state index contributed by atoms with van der Waals surface area (Å²) < 4.78 is 0. The van der Waals surface area contributed by atoms with Crippen molar-refractivity contribution >= 4 is 22.3 Å². The van der Waals surface area contributed by atoms with Gasteiger partial charge in [0, 0.05) is 4.88 Å². The topological polar surface area (TPSA) is 64.4 Å². The molecular weight excluding hydrogens is 170 g/mol. The lowest BCUT2D eigenvalue weighted by molar-refractivity contribution is 0.915. The Kier molecular flexibility index (Phi) is 1.77. The lowest BCUT2D eigenvalue weighted by Gasteiger charge is -1.88. The number of nitrogens with two attached hydrogens (primary N) is 2. The van der Waals surface area contributed by atoms with Crippen LogP contribution < -0.4 is 11.5 Å². The molecule has 0 unspecified atom stereocenters. The van der Waals surface area contributed by atoms with Crippen LogP contribution in [0.25, 0.3) is 0 Å². The highest BCUT2D eigenvalue weighted by Gasteiger charge is 2.14. The van der Waals surface area contributed by atoms with E-state index in [2.05, 4.69) is 11.1 Å². The second kappa shape index (κ2) is 2.79. The molecule has 0 saturated heterocycles. The van der Waals surface area contributed by atoms with Gasteiger partial charge in [0.2, 0.25) is 0 Å². The van der Waals surface area contributed by atoms with Crippen molar-refractivity contribution in [3.8, 4) is 0 Å². The summed E-state index contributed by atoms with van der Waals surface area (Å²) in [5, 5.41) is 0.944. The van der Waals surface area contributed by atoms with E-state index in [4.69, 9.17) is 11.5 Å². The first-order valence-corrected chi connectivity index (χ1v) is 4.78. The van der Waals surface area contributed by atoms with E-state index in [1.807, 2.05) is 0 Å². The van der Waals surface area contributed by atoms with E-state index in [9.17, 15) is 0 Å². The fourth-order valence-electron chi connectivity index (χ4n) is 1.50. The first-order chi connectivity index (χ1) is 5.75. The molecule has 4 N–H and O–H groups in total. The molecule has 1 heterocycles. The Balaban J connectivity index is 2.31. The Bertz CT molecular complexity index is 302. The summed E-state index contributed by atoms with van der Waals surface area (Å²) in [5.41, 5.74) is 12.0. The molecule has 0 aromatic carbocycles. The van der Waals surface area contributed by atoms with Crippen LogP contribution in [0.2, 0.25) is 0 Å². The van der Waals surface area contributed by atoms with Gasteiger partial charge < -0.3 is 11.5 Å². The van der Waals surface area contributed by atoms with Crippen molar-refractivity contribution in [2.75, 3.05) is 0 Å². The number of guanidine groups is 1. The number of thiophene rings is 1. The third kappa shape index (κ3) is 1.30. The van der Waals surface area contributed by atoms with Crippen molar-refractivity contribution in [3.05, 3.63) is 16.5 Å². The predicted octanol–water partition coefficient (Wildman–Crippen LogP) is 1.14. The third-order valence-corrected chi connectivity index (χ3v) is 3.10. The third-order valence-electron chi connectivity index (χ3n) is 1.97. The van der Waals surface area contributed by atoms with Gasteiger partial charge in [-0.15, -0.1) is 11.3 Å². The van der Waals surface area contributed by atoms with Crippen molar-refractivity contribution in [1.29, 1.82) is 0 Å². The number of hydrogen-bond donors (Lipinski definition) is 2. The van der Waals surface area contributed by atoms with Crippen LogP contribution >= 0.6 is 11.3 Å². The second-order valence-corrected chi connectivity index (χ2v) is 4.04. The summed E-state index contributed by atoms with van der Waals surface area (Å²) in [6.07, 6.45) is 3.66. The maximum absolute atomic E-state index is 5.28. The molecule has 1 aromatic rings. The zero-order valence-electron chi connectivity index (χ0n) is 6.71. The molecule has 12 heavy (non-hydrogen) atoms. The van der Waals surface area contributed by atoms with E-state index in [1.165, 1.54) is 29.7 Å². The van der Waals surface area contributed by atoms with Gasteiger partial charge in [-0.2, -0.15) is 0 Å². The monoisotopic (exact) mass is 181 g/mol. The molecule has 3 nitrogen and oxygen atoms in total. The zero-order chi connectivity index (χ0) is 8.55. The van der Waals surface area contributed by atoms with Crippen LogP contribution in [0.3, 0.4) is 0 Å². The van der Waals surface area contributed by atoms with Crippen LogP contribution in [0.5, 0.6) is 0 Å². The first-order valence-electron chi connectivity index (χ1n) is 3.97. The van der Waals surface area contributed by atoms with Crippen molar-refractivity contribution in [1.82, 2.24) is 0 Å². The van der Waals surface area contributed by atoms with Crippen molar-refractivity contribution in [2.45, 2.75) is 19.3 Å². The van der Waals surface area contributed by atoms with Gasteiger partial charge >= 0.3 is 0 Å². The van der Waals surface area contributed by atoms with Gasteiger partial charge in [0.15, 0.2) is 5.96 Å². The zero-order valence-corrected chi connectivity index (χ0v) is 7.53. The quantitative estimate of drug-likeness (QED) is 0.504. The number of nitrogens with zero attached hydrogens (tertiary/aromatic N) is 1. The average Bonchev–Trinajstić information content (AvgIpc) is 2.43. The molecule has 0 atom stereocenters.